The van der Waals surface area contributed by atoms with Crippen LogP contribution in [0.25, 0.3) is 11.3 Å². The number of hydrogen-bond acceptors (Lipinski definition) is 5. The lowest BCUT2D eigenvalue weighted by atomic mass is 10.1. The average Bonchev–Trinajstić information content (AvgIpc) is 3.23. The third-order valence-electron chi connectivity index (χ3n) is 5.65. The van der Waals surface area contributed by atoms with Crippen LogP contribution in [0.2, 0.25) is 0 Å². The van der Waals surface area contributed by atoms with Crippen molar-refractivity contribution in [1.29, 1.82) is 0 Å². The zero-order valence-electron chi connectivity index (χ0n) is 18.0. The van der Waals surface area contributed by atoms with Crippen LogP contribution in [0.4, 0.5) is 30.6 Å². The Kier molecular flexibility index (Phi) is 6.21. The van der Waals surface area contributed by atoms with Gasteiger partial charge in [-0.25, -0.2) is 4.98 Å². The highest BCUT2D eigenvalue weighted by Gasteiger charge is 2.31. The molecule has 1 aromatic heterocycles. The number of rotatable bonds is 6. The maximum atomic E-state index is 12.7. The summed E-state index contributed by atoms with van der Waals surface area (Å²) in [6.45, 7) is 4.06. The van der Waals surface area contributed by atoms with E-state index in [-0.39, 0.29) is 5.75 Å². The molecule has 1 heterocycles. The number of nitrogens with one attached hydrogen (secondary N) is 2. The molecular weight excluding hydrogens is 417 g/mol. The van der Waals surface area contributed by atoms with Crippen molar-refractivity contribution in [2.75, 3.05) is 10.6 Å². The Balaban J connectivity index is 1.70. The Morgan fingerprint density at radius 1 is 0.969 bits per heavy atom. The van der Waals surface area contributed by atoms with E-state index in [2.05, 4.69) is 25.3 Å². The number of ether oxygens (including phenoxy) is 1. The number of halogens is 3. The highest BCUT2D eigenvalue weighted by atomic mass is 19.4. The molecule has 168 valence electrons. The van der Waals surface area contributed by atoms with E-state index in [0.29, 0.717) is 29.1 Å². The van der Waals surface area contributed by atoms with Gasteiger partial charge in [-0.3, -0.25) is 0 Å². The van der Waals surface area contributed by atoms with Crippen molar-refractivity contribution in [3.63, 3.8) is 0 Å². The summed E-state index contributed by atoms with van der Waals surface area (Å²) in [5, 5.41) is 6.72. The lowest BCUT2D eigenvalue weighted by Crippen LogP contribution is -2.17. The summed E-state index contributed by atoms with van der Waals surface area (Å²) in [5.74, 6) is 0.721. The minimum Gasteiger partial charge on any atom is -0.406 e. The summed E-state index contributed by atoms with van der Waals surface area (Å²) in [6, 6.07) is 13.8. The number of hydrogen-bond donors (Lipinski definition) is 2. The molecule has 0 radical (unpaired) electrons. The first-order valence-electron chi connectivity index (χ1n) is 10.6. The molecule has 4 rings (SSSR count). The van der Waals surface area contributed by atoms with Crippen molar-refractivity contribution >= 4 is 17.5 Å². The second kappa shape index (κ2) is 9.06. The molecule has 1 aliphatic carbocycles. The van der Waals surface area contributed by atoms with Crippen LogP contribution in [0.1, 0.15) is 36.8 Å². The normalized spacial score (nSPS) is 14.4. The number of nitrogens with zero attached hydrogens (tertiary/aromatic N) is 2. The lowest BCUT2D eigenvalue weighted by Gasteiger charge is -2.16. The zero-order valence-corrected chi connectivity index (χ0v) is 18.0. The van der Waals surface area contributed by atoms with Crippen molar-refractivity contribution in [2.45, 2.75) is 51.9 Å². The number of alkyl halides is 3. The fourth-order valence-electron chi connectivity index (χ4n) is 3.85. The summed E-state index contributed by atoms with van der Waals surface area (Å²) < 4.78 is 42.1. The van der Waals surface area contributed by atoms with Crippen molar-refractivity contribution in [1.82, 2.24) is 9.97 Å². The smallest absolute Gasteiger partial charge is 0.406 e. The third-order valence-corrected chi connectivity index (χ3v) is 5.65. The monoisotopic (exact) mass is 442 g/mol. The predicted octanol–water partition coefficient (Wildman–Crippen LogP) is 6.76. The second-order valence-corrected chi connectivity index (χ2v) is 8.04. The summed E-state index contributed by atoms with van der Waals surface area (Å²) in [6.07, 6.45) is -0.358. The van der Waals surface area contributed by atoms with E-state index >= 15 is 0 Å². The van der Waals surface area contributed by atoms with Gasteiger partial charge >= 0.3 is 6.36 Å². The molecule has 8 heteroatoms. The van der Waals surface area contributed by atoms with E-state index in [1.165, 1.54) is 18.2 Å². The van der Waals surface area contributed by atoms with Crippen molar-refractivity contribution in [2.24, 2.45) is 0 Å². The fourth-order valence-corrected chi connectivity index (χ4v) is 3.85. The number of benzene rings is 2. The van der Waals surface area contributed by atoms with Crippen LogP contribution in [0.15, 0.2) is 48.5 Å². The van der Waals surface area contributed by atoms with Crippen LogP contribution < -0.4 is 15.4 Å². The van der Waals surface area contributed by atoms with Gasteiger partial charge in [-0.1, -0.05) is 37.1 Å². The topological polar surface area (TPSA) is 59.1 Å². The van der Waals surface area contributed by atoms with E-state index in [4.69, 9.17) is 0 Å². The first-order chi connectivity index (χ1) is 15.3. The number of anilines is 3. The third kappa shape index (κ3) is 5.49. The molecule has 0 bridgehead atoms. The Morgan fingerprint density at radius 2 is 1.72 bits per heavy atom. The summed E-state index contributed by atoms with van der Waals surface area (Å²) in [5.41, 5.74) is 4.16. The predicted molar refractivity (Wildman–Crippen MR) is 119 cm³/mol. The average molecular weight is 442 g/mol. The van der Waals surface area contributed by atoms with E-state index in [0.717, 1.165) is 42.5 Å². The molecule has 0 unspecified atom stereocenters. The molecule has 1 saturated carbocycles. The van der Waals surface area contributed by atoms with Crippen LogP contribution in [-0.2, 0) is 0 Å². The Hall–Kier alpha value is -3.29. The van der Waals surface area contributed by atoms with Gasteiger partial charge in [0, 0.05) is 23.4 Å². The molecule has 0 spiro atoms. The van der Waals surface area contributed by atoms with Gasteiger partial charge in [0.05, 0.1) is 5.69 Å². The Morgan fingerprint density at radius 3 is 2.47 bits per heavy atom. The largest absolute Gasteiger partial charge is 0.573 e. The van der Waals surface area contributed by atoms with Gasteiger partial charge in [-0.15, -0.1) is 13.2 Å². The first kappa shape index (κ1) is 21.9. The minimum absolute atomic E-state index is 0.289. The molecule has 0 aliphatic heterocycles. The van der Waals surface area contributed by atoms with E-state index < -0.39 is 6.36 Å². The molecule has 0 atom stereocenters. The zero-order chi connectivity index (χ0) is 22.7. The molecule has 1 fully saturated rings. The molecule has 0 amide bonds. The minimum atomic E-state index is -4.76. The van der Waals surface area contributed by atoms with E-state index in [1.807, 2.05) is 32.0 Å². The van der Waals surface area contributed by atoms with Gasteiger partial charge in [0.25, 0.3) is 0 Å². The van der Waals surface area contributed by atoms with Gasteiger partial charge in [0.2, 0.25) is 5.95 Å². The Bertz CT molecular complexity index is 1090. The molecule has 0 saturated heterocycles. The van der Waals surface area contributed by atoms with Gasteiger partial charge in [-0.05, 0) is 56.0 Å². The number of aryl methyl sites for hydroxylation is 1. The Labute approximate surface area is 185 Å². The van der Waals surface area contributed by atoms with Gasteiger partial charge < -0.3 is 15.4 Å². The van der Waals surface area contributed by atoms with Gasteiger partial charge in [0.1, 0.15) is 11.6 Å². The van der Waals surface area contributed by atoms with E-state index in [9.17, 15) is 13.2 Å². The lowest BCUT2D eigenvalue weighted by molar-refractivity contribution is -0.274. The van der Waals surface area contributed by atoms with Crippen molar-refractivity contribution in [3.05, 3.63) is 59.7 Å². The van der Waals surface area contributed by atoms with Gasteiger partial charge in [0.15, 0.2) is 0 Å². The van der Waals surface area contributed by atoms with Crippen LogP contribution in [0.5, 0.6) is 5.75 Å². The van der Waals surface area contributed by atoms with Crippen molar-refractivity contribution in [3.8, 4) is 17.0 Å². The van der Waals surface area contributed by atoms with Crippen LogP contribution >= 0.6 is 0 Å². The maximum Gasteiger partial charge on any atom is 0.573 e. The number of aromatic nitrogens is 2. The summed E-state index contributed by atoms with van der Waals surface area (Å²) in [4.78, 5) is 9.21. The fraction of sp³-hybridized carbons (Fsp3) is 0.333. The summed E-state index contributed by atoms with van der Waals surface area (Å²) in [7, 11) is 0. The van der Waals surface area contributed by atoms with Gasteiger partial charge in [-0.2, -0.15) is 4.98 Å². The molecule has 1 aliphatic rings. The summed E-state index contributed by atoms with van der Waals surface area (Å²) >= 11 is 0. The standard InChI is InChI=1S/C24H25F3N4O/c1-15-7-5-12-20(16(15)2)29-22-14-21(30-23(31-22)28-18-9-3-4-10-18)17-8-6-11-19(13-17)32-24(25,26)27/h5-8,11-14,18H,3-4,9-10H2,1-2H3,(H2,28,29,30,31). The molecule has 2 aromatic carbocycles. The van der Waals surface area contributed by atoms with Crippen LogP contribution in [0, 0.1) is 13.8 Å². The highest BCUT2D eigenvalue weighted by molar-refractivity contribution is 5.69. The molecule has 2 N–H and O–H groups in total. The molecule has 3 aromatic rings. The van der Waals surface area contributed by atoms with Crippen molar-refractivity contribution < 1.29 is 17.9 Å². The molecular formula is C24H25F3N4O. The highest BCUT2D eigenvalue weighted by Crippen LogP contribution is 2.31. The molecule has 5 nitrogen and oxygen atoms in total. The SMILES string of the molecule is Cc1cccc(Nc2cc(-c3cccc(OC(F)(F)F)c3)nc(NC3CCCC3)n2)c1C. The van der Waals surface area contributed by atoms with Crippen LogP contribution in [0.3, 0.4) is 0 Å². The maximum absolute atomic E-state index is 12.7. The first-order valence-corrected chi connectivity index (χ1v) is 10.6. The van der Waals surface area contributed by atoms with Crippen LogP contribution in [-0.4, -0.2) is 22.4 Å². The second-order valence-electron chi connectivity index (χ2n) is 8.04. The van der Waals surface area contributed by atoms with E-state index in [1.54, 1.807) is 12.1 Å². The molecule has 32 heavy (non-hydrogen) atoms. The quantitative estimate of drug-likeness (QED) is 0.442.